The van der Waals surface area contributed by atoms with Crippen LogP contribution in [0.5, 0.6) is 0 Å². The van der Waals surface area contributed by atoms with E-state index in [2.05, 4.69) is 77.5 Å². The summed E-state index contributed by atoms with van der Waals surface area (Å²) in [5.41, 5.74) is 4.33. The van der Waals surface area contributed by atoms with E-state index in [4.69, 9.17) is 0 Å². The molecule has 1 aromatic carbocycles. The number of hydrogen-bond donors (Lipinski definition) is 1. The lowest BCUT2D eigenvalue weighted by atomic mass is 10.2. The number of benzene rings is 1. The highest BCUT2D eigenvalue weighted by Crippen LogP contribution is 2.21. The highest BCUT2D eigenvalue weighted by atomic mass is 79.9. The summed E-state index contributed by atoms with van der Waals surface area (Å²) in [7, 11) is 0. The molecule has 4 nitrogen and oxygen atoms in total. The molecule has 0 aliphatic carbocycles. The van der Waals surface area contributed by atoms with Crippen molar-refractivity contribution in [3.05, 3.63) is 39.6 Å². The summed E-state index contributed by atoms with van der Waals surface area (Å²) in [6.45, 7) is 9.42. The Hall–Kier alpha value is -1.20. The molecule has 2 rings (SSSR count). The lowest BCUT2D eigenvalue weighted by Crippen LogP contribution is -2.20. The summed E-state index contributed by atoms with van der Waals surface area (Å²) in [5, 5.41) is 12.1. The largest absolute Gasteiger partial charge is 0.309 e. The predicted octanol–water partition coefficient (Wildman–Crippen LogP) is 3.71. The molecule has 1 N–H and O–H groups in total. The molecule has 2 aromatic rings. The first-order valence-electron chi connectivity index (χ1n) is 6.96. The van der Waals surface area contributed by atoms with Gasteiger partial charge in [0.1, 0.15) is 5.69 Å². The van der Waals surface area contributed by atoms with Crippen molar-refractivity contribution in [2.24, 2.45) is 0 Å². The number of halogens is 1. The molecule has 5 heteroatoms. The van der Waals surface area contributed by atoms with Crippen LogP contribution in [0.4, 0.5) is 0 Å². The Balaban J connectivity index is 2.32. The number of aryl methyl sites for hydroxylation is 1. The molecule has 1 heterocycles. The molecule has 108 valence electrons. The molecule has 20 heavy (non-hydrogen) atoms. The first kappa shape index (κ1) is 15.2. The molecule has 0 aliphatic rings. The summed E-state index contributed by atoms with van der Waals surface area (Å²) in [6, 6.07) is 6.47. The van der Waals surface area contributed by atoms with Crippen LogP contribution in [0.2, 0.25) is 0 Å². The average Bonchev–Trinajstić information content (AvgIpc) is 2.76. The number of rotatable bonds is 5. The van der Waals surface area contributed by atoms with E-state index in [9.17, 15) is 0 Å². The maximum absolute atomic E-state index is 4.34. The van der Waals surface area contributed by atoms with Crippen molar-refractivity contribution in [2.45, 2.75) is 40.2 Å². The molecular formula is C15H21BrN4. The Bertz CT molecular complexity index is 571. The van der Waals surface area contributed by atoms with E-state index in [1.54, 1.807) is 0 Å². The van der Waals surface area contributed by atoms with Crippen molar-refractivity contribution in [3.8, 4) is 5.69 Å². The van der Waals surface area contributed by atoms with Crippen LogP contribution >= 0.6 is 15.9 Å². The summed E-state index contributed by atoms with van der Waals surface area (Å²) < 4.78 is 2.96. The van der Waals surface area contributed by atoms with Gasteiger partial charge in [-0.15, -0.1) is 5.10 Å². The zero-order chi connectivity index (χ0) is 14.7. The van der Waals surface area contributed by atoms with Crippen LogP contribution in [-0.2, 0) is 0 Å². The monoisotopic (exact) mass is 336 g/mol. The van der Waals surface area contributed by atoms with Gasteiger partial charge in [-0.1, -0.05) is 28.1 Å². The molecule has 1 aromatic heterocycles. The minimum absolute atomic E-state index is 0.219. The van der Waals surface area contributed by atoms with Crippen molar-refractivity contribution < 1.29 is 0 Å². The number of aromatic nitrogens is 3. The van der Waals surface area contributed by atoms with Crippen molar-refractivity contribution >= 4 is 15.9 Å². The Labute approximate surface area is 128 Å². The van der Waals surface area contributed by atoms with E-state index in [1.807, 2.05) is 4.68 Å². The normalized spacial score (nSPS) is 12.7. The van der Waals surface area contributed by atoms with Gasteiger partial charge in [0.2, 0.25) is 0 Å². The summed E-state index contributed by atoms with van der Waals surface area (Å²) >= 11 is 3.53. The highest BCUT2D eigenvalue weighted by molar-refractivity contribution is 9.10. The second-order valence-electron chi connectivity index (χ2n) is 5.13. The molecule has 0 radical (unpaired) electrons. The van der Waals surface area contributed by atoms with Gasteiger partial charge in [-0.05, 0) is 57.5 Å². The molecule has 0 saturated carbocycles. The van der Waals surface area contributed by atoms with Gasteiger partial charge in [0, 0.05) is 4.47 Å². The van der Waals surface area contributed by atoms with Crippen LogP contribution in [0.25, 0.3) is 5.69 Å². The van der Waals surface area contributed by atoms with Gasteiger partial charge in [-0.2, -0.15) is 0 Å². The molecule has 0 aliphatic heterocycles. The van der Waals surface area contributed by atoms with Crippen molar-refractivity contribution in [1.82, 2.24) is 20.3 Å². The predicted molar refractivity (Wildman–Crippen MR) is 85.2 cm³/mol. The highest BCUT2D eigenvalue weighted by Gasteiger charge is 2.15. The topological polar surface area (TPSA) is 42.7 Å². The smallest absolute Gasteiger partial charge is 0.103 e. The van der Waals surface area contributed by atoms with Crippen LogP contribution in [0.1, 0.15) is 43.3 Å². The second kappa shape index (κ2) is 6.50. The SMILES string of the molecule is CCCNC(C)c1nnn(-c2cc(C)cc(Br)c2)c1C. The van der Waals surface area contributed by atoms with E-state index < -0.39 is 0 Å². The van der Waals surface area contributed by atoms with Gasteiger partial charge in [0.05, 0.1) is 17.4 Å². The first-order chi connectivity index (χ1) is 9.52. The maximum atomic E-state index is 4.34. The van der Waals surface area contributed by atoms with Crippen LogP contribution in [0.3, 0.4) is 0 Å². The molecule has 0 spiro atoms. The Kier molecular flexibility index (Phi) is 4.94. The molecule has 0 fully saturated rings. The average molecular weight is 337 g/mol. The number of hydrogen-bond acceptors (Lipinski definition) is 3. The zero-order valence-electron chi connectivity index (χ0n) is 12.4. The lowest BCUT2D eigenvalue weighted by molar-refractivity contribution is 0.555. The number of nitrogens with one attached hydrogen (secondary N) is 1. The molecule has 0 bridgehead atoms. The van der Waals surface area contributed by atoms with Crippen LogP contribution in [0, 0.1) is 13.8 Å². The Morgan fingerprint density at radius 2 is 2.05 bits per heavy atom. The third kappa shape index (κ3) is 3.27. The third-order valence-electron chi connectivity index (χ3n) is 3.31. The van der Waals surface area contributed by atoms with E-state index in [1.165, 1.54) is 5.56 Å². The summed E-state index contributed by atoms with van der Waals surface area (Å²) in [6.07, 6.45) is 1.11. The molecule has 0 amide bonds. The lowest BCUT2D eigenvalue weighted by Gasteiger charge is -2.11. The molecule has 1 unspecified atom stereocenters. The van der Waals surface area contributed by atoms with Crippen LogP contribution < -0.4 is 5.32 Å². The fraction of sp³-hybridized carbons (Fsp3) is 0.467. The van der Waals surface area contributed by atoms with Crippen molar-refractivity contribution in [2.75, 3.05) is 6.54 Å². The Morgan fingerprint density at radius 1 is 1.30 bits per heavy atom. The number of nitrogens with zero attached hydrogens (tertiary/aromatic N) is 3. The standard InChI is InChI=1S/C15H21BrN4/c1-5-6-17-11(3)15-12(4)20(19-18-15)14-8-10(2)7-13(16)9-14/h7-9,11,17H,5-6H2,1-4H3. The molecular weight excluding hydrogens is 316 g/mol. The minimum Gasteiger partial charge on any atom is -0.309 e. The van der Waals surface area contributed by atoms with Gasteiger partial charge in [0.15, 0.2) is 0 Å². The van der Waals surface area contributed by atoms with Gasteiger partial charge < -0.3 is 5.32 Å². The molecule has 1 atom stereocenters. The Morgan fingerprint density at radius 3 is 2.70 bits per heavy atom. The van der Waals surface area contributed by atoms with Crippen molar-refractivity contribution in [1.29, 1.82) is 0 Å². The summed E-state index contributed by atoms with van der Waals surface area (Å²) in [4.78, 5) is 0. The first-order valence-corrected chi connectivity index (χ1v) is 7.75. The van der Waals surface area contributed by atoms with Gasteiger partial charge in [-0.25, -0.2) is 4.68 Å². The fourth-order valence-corrected chi connectivity index (χ4v) is 2.88. The zero-order valence-corrected chi connectivity index (χ0v) is 14.0. The van der Waals surface area contributed by atoms with Gasteiger partial charge in [-0.3, -0.25) is 0 Å². The fourth-order valence-electron chi connectivity index (χ4n) is 2.28. The quantitative estimate of drug-likeness (QED) is 0.904. The summed E-state index contributed by atoms with van der Waals surface area (Å²) in [5.74, 6) is 0. The van der Waals surface area contributed by atoms with Crippen molar-refractivity contribution in [3.63, 3.8) is 0 Å². The molecule has 0 saturated heterocycles. The second-order valence-corrected chi connectivity index (χ2v) is 6.05. The van der Waals surface area contributed by atoms with E-state index >= 15 is 0 Å². The van der Waals surface area contributed by atoms with Crippen LogP contribution in [-0.4, -0.2) is 21.5 Å². The maximum Gasteiger partial charge on any atom is 0.103 e. The van der Waals surface area contributed by atoms with Gasteiger partial charge >= 0.3 is 0 Å². The van der Waals surface area contributed by atoms with E-state index in [0.717, 1.165) is 34.5 Å². The van der Waals surface area contributed by atoms with E-state index in [-0.39, 0.29) is 6.04 Å². The van der Waals surface area contributed by atoms with E-state index in [0.29, 0.717) is 0 Å². The third-order valence-corrected chi connectivity index (χ3v) is 3.77. The van der Waals surface area contributed by atoms with Gasteiger partial charge in [0.25, 0.3) is 0 Å². The minimum atomic E-state index is 0.219. The van der Waals surface area contributed by atoms with Crippen LogP contribution in [0.15, 0.2) is 22.7 Å².